The molecule has 174 valence electrons. The van der Waals surface area contributed by atoms with Gasteiger partial charge in [-0.1, -0.05) is 48.5 Å². The molecule has 0 bridgehead atoms. The molecule has 0 saturated carbocycles. The first-order valence-electron chi connectivity index (χ1n) is 11.4. The highest BCUT2D eigenvalue weighted by atomic mass is 16.7. The van der Waals surface area contributed by atoms with Gasteiger partial charge >= 0.3 is 0 Å². The molecule has 1 aliphatic heterocycles. The minimum Gasteiger partial charge on any atom is -0.392 e. The maximum atomic E-state index is 11.3. The highest BCUT2D eigenvalue weighted by molar-refractivity contribution is 5.88. The van der Waals surface area contributed by atoms with E-state index in [1.807, 2.05) is 73.1 Å². The van der Waals surface area contributed by atoms with E-state index < -0.39 is 6.29 Å². The Hall–Kier alpha value is -3.52. The van der Waals surface area contributed by atoms with Crippen LogP contribution >= 0.6 is 0 Å². The van der Waals surface area contributed by atoms with Gasteiger partial charge in [-0.05, 0) is 35.4 Å². The third kappa shape index (κ3) is 4.87. The first kappa shape index (κ1) is 22.3. The molecule has 0 aliphatic carbocycles. The van der Waals surface area contributed by atoms with Crippen LogP contribution in [0.2, 0.25) is 0 Å². The fourth-order valence-electron chi connectivity index (χ4n) is 4.34. The number of aliphatic hydroxyl groups excluding tert-OH is 1. The van der Waals surface area contributed by atoms with Gasteiger partial charge in [-0.25, -0.2) is 4.98 Å². The summed E-state index contributed by atoms with van der Waals surface area (Å²) in [4.78, 5) is 15.9. The maximum absolute atomic E-state index is 11.3. The minimum absolute atomic E-state index is 0.00845. The molecule has 0 spiro atoms. The number of carbonyl (C=O) groups is 1. The lowest BCUT2D eigenvalue weighted by molar-refractivity contribution is -0.252. The van der Waals surface area contributed by atoms with Crippen LogP contribution < -0.4 is 5.32 Å². The summed E-state index contributed by atoms with van der Waals surface area (Å²) in [6, 6.07) is 23.4. The van der Waals surface area contributed by atoms with Gasteiger partial charge in [-0.15, -0.1) is 0 Å². The first-order chi connectivity index (χ1) is 16.6. The predicted octanol–water partition coefficient (Wildman–Crippen LogP) is 4.73. The van der Waals surface area contributed by atoms with Crippen molar-refractivity contribution in [3.05, 3.63) is 95.8 Å². The van der Waals surface area contributed by atoms with E-state index in [0.29, 0.717) is 13.0 Å². The summed E-state index contributed by atoms with van der Waals surface area (Å²) >= 11 is 0. The highest BCUT2D eigenvalue weighted by Gasteiger charge is 2.32. The van der Waals surface area contributed by atoms with E-state index in [1.54, 1.807) is 0 Å². The van der Waals surface area contributed by atoms with E-state index in [4.69, 9.17) is 9.47 Å². The Bertz CT molecular complexity index is 1270. The number of fused-ring (bicyclic) bond motifs is 1. The van der Waals surface area contributed by atoms with Crippen molar-refractivity contribution in [3.8, 4) is 0 Å². The van der Waals surface area contributed by atoms with Gasteiger partial charge in [0, 0.05) is 24.6 Å². The number of imidazole rings is 1. The number of benzene rings is 3. The zero-order chi connectivity index (χ0) is 23.5. The number of nitrogens with zero attached hydrogens (tertiary/aromatic N) is 2. The number of para-hydroxylation sites is 2. The van der Waals surface area contributed by atoms with Crippen LogP contribution in [0.4, 0.5) is 5.69 Å². The Labute approximate surface area is 198 Å². The van der Waals surface area contributed by atoms with Gasteiger partial charge < -0.3 is 24.5 Å². The lowest BCUT2D eigenvalue weighted by Crippen LogP contribution is -2.32. The van der Waals surface area contributed by atoms with E-state index in [0.717, 1.165) is 33.4 Å². The van der Waals surface area contributed by atoms with Gasteiger partial charge in [0.15, 0.2) is 6.29 Å². The van der Waals surface area contributed by atoms with Crippen molar-refractivity contribution >= 4 is 22.6 Å². The third-order valence-corrected chi connectivity index (χ3v) is 6.05. The quantitative estimate of drug-likeness (QED) is 0.437. The van der Waals surface area contributed by atoms with Crippen molar-refractivity contribution in [2.45, 2.75) is 45.0 Å². The number of aliphatic hydroxyl groups is 1. The first-order valence-corrected chi connectivity index (χ1v) is 11.4. The van der Waals surface area contributed by atoms with Crippen LogP contribution in [0, 0.1) is 0 Å². The van der Waals surface area contributed by atoms with E-state index in [-0.39, 0.29) is 24.7 Å². The van der Waals surface area contributed by atoms with Gasteiger partial charge in [-0.2, -0.15) is 0 Å². The number of rotatable bonds is 6. The van der Waals surface area contributed by atoms with E-state index in [1.165, 1.54) is 6.92 Å². The van der Waals surface area contributed by atoms with Crippen LogP contribution in [0.3, 0.4) is 0 Å². The number of nitrogens with one attached hydrogen (secondary N) is 1. The van der Waals surface area contributed by atoms with E-state index >= 15 is 0 Å². The lowest BCUT2D eigenvalue weighted by atomic mass is 10.00. The summed E-state index contributed by atoms with van der Waals surface area (Å²) in [6.07, 6.45) is 1.72. The predicted molar refractivity (Wildman–Crippen MR) is 129 cm³/mol. The van der Waals surface area contributed by atoms with E-state index in [2.05, 4.69) is 20.9 Å². The Morgan fingerprint density at radius 3 is 2.50 bits per heavy atom. The molecule has 3 atom stereocenters. The Kier molecular flexibility index (Phi) is 6.40. The topological polar surface area (TPSA) is 85.6 Å². The van der Waals surface area contributed by atoms with E-state index in [9.17, 15) is 9.90 Å². The summed E-state index contributed by atoms with van der Waals surface area (Å²) in [5, 5.41) is 12.2. The second kappa shape index (κ2) is 9.77. The summed E-state index contributed by atoms with van der Waals surface area (Å²) in [6.45, 7) is 2.14. The number of aromatic nitrogens is 2. The zero-order valence-corrected chi connectivity index (χ0v) is 18.9. The number of carbonyl (C=O) groups excluding carboxylic acids is 1. The van der Waals surface area contributed by atoms with Crippen molar-refractivity contribution in [2.75, 3.05) is 5.32 Å². The molecule has 1 amide bonds. The van der Waals surface area contributed by atoms with Crippen LogP contribution in [-0.4, -0.2) is 26.7 Å². The van der Waals surface area contributed by atoms with Gasteiger partial charge in [-0.3, -0.25) is 4.79 Å². The number of hydrogen-bond acceptors (Lipinski definition) is 5. The molecular formula is C27H27N3O4. The Morgan fingerprint density at radius 2 is 1.76 bits per heavy atom. The number of amides is 1. The molecule has 0 unspecified atom stereocenters. The Morgan fingerprint density at radius 1 is 1.03 bits per heavy atom. The molecule has 1 fully saturated rings. The average Bonchev–Trinajstić information content (AvgIpc) is 3.27. The fraction of sp³-hybridized carbons (Fsp3) is 0.259. The van der Waals surface area contributed by atoms with Gasteiger partial charge in [0.1, 0.15) is 0 Å². The standard InChI is InChI=1S/C27H27N3O4/c1-18(32)29-22-12-10-21(11-13-22)27-33-23(15-30-17-28-24-4-2-3-5-25(24)30)14-26(34-27)20-8-6-19(16-31)7-9-20/h2-13,17,23,26-27,31H,14-16H2,1H3,(H,29,32)/t23-,26+,27+/m1/s1. The van der Waals surface area contributed by atoms with Crippen LogP contribution in [0.15, 0.2) is 79.1 Å². The highest BCUT2D eigenvalue weighted by Crippen LogP contribution is 2.38. The summed E-state index contributed by atoms with van der Waals surface area (Å²) in [7, 11) is 0. The van der Waals surface area contributed by atoms with Gasteiger partial charge in [0.25, 0.3) is 0 Å². The second-order valence-corrected chi connectivity index (χ2v) is 8.54. The Balaban J connectivity index is 1.41. The van der Waals surface area contributed by atoms with Crippen LogP contribution in [-0.2, 0) is 27.4 Å². The molecule has 4 aromatic rings. The molecule has 1 saturated heterocycles. The molecule has 7 heteroatoms. The maximum Gasteiger partial charge on any atom is 0.221 e. The fourth-order valence-corrected chi connectivity index (χ4v) is 4.34. The van der Waals surface area contributed by atoms with Crippen LogP contribution in [0.5, 0.6) is 0 Å². The van der Waals surface area contributed by atoms with Crippen molar-refractivity contribution < 1.29 is 19.4 Å². The molecule has 5 rings (SSSR count). The molecule has 1 aromatic heterocycles. The zero-order valence-electron chi connectivity index (χ0n) is 18.9. The van der Waals surface area contributed by atoms with Gasteiger partial charge in [0.2, 0.25) is 5.91 Å². The third-order valence-electron chi connectivity index (χ3n) is 6.05. The molecular weight excluding hydrogens is 430 g/mol. The summed E-state index contributed by atoms with van der Waals surface area (Å²) < 4.78 is 14.9. The number of hydrogen-bond donors (Lipinski definition) is 2. The van der Waals surface area contributed by atoms with Crippen LogP contribution in [0.1, 0.15) is 42.4 Å². The number of ether oxygens (including phenoxy) is 2. The molecule has 34 heavy (non-hydrogen) atoms. The largest absolute Gasteiger partial charge is 0.392 e. The SMILES string of the molecule is CC(=O)Nc1ccc([C@H]2O[C@@H](Cn3cnc4ccccc43)C[C@@H](c3ccc(CO)cc3)O2)cc1. The molecule has 0 radical (unpaired) electrons. The van der Waals surface area contributed by atoms with Gasteiger partial charge in [0.05, 0.1) is 42.7 Å². The normalized spacial score (nSPS) is 20.4. The smallest absolute Gasteiger partial charge is 0.221 e. The van der Waals surface area contributed by atoms with Crippen LogP contribution in [0.25, 0.3) is 11.0 Å². The van der Waals surface area contributed by atoms with Crippen molar-refractivity contribution in [1.29, 1.82) is 0 Å². The summed E-state index contributed by atoms with van der Waals surface area (Å²) in [5.41, 5.74) is 5.53. The molecule has 1 aliphatic rings. The lowest BCUT2D eigenvalue weighted by Gasteiger charge is -2.36. The monoisotopic (exact) mass is 457 g/mol. The van der Waals surface area contributed by atoms with Crippen molar-refractivity contribution in [2.24, 2.45) is 0 Å². The second-order valence-electron chi connectivity index (χ2n) is 8.54. The molecule has 2 heterocycles. The van der Waals surface area contributed by atoms with Crippen molar-refractivity contribution in [3.63, 3.8) is 0 Å². The molecule has 2 N–H and O–H groups in total. The van der Waals surface area contributed by atoms with Crippen molar-refractivity contribution in [1.82, 2.24) is 9.55 Å². The number of anilines is 1. The average molecular weight is 458 g/mol. The minimum atomic E-state index is -0.553. The molecule has 3 aromatic carbocycles. The molecule has 7 nitrogen and oxygen atoms in total. The summed E-state index contributed by atoms with van der Waals surface area (Å²) in [5.74, 6) is -0.114.